The van der Waals surface area contributed by atoms with E-state index >= 15 is 0 Å². The first kappa shape index (κ1) is 8.51. The third-order valence-corrected chi connectivity index (χ3v) is 2.33. The number of aromatic nitrogens is 1. The first-order valence-corrected chi connectivity index (χ1v) is 4.74. The van der Waals surface area contributed by atoms with Crippen molar-refractivity contribution in [2.24, 2.45) is 0 Å². The van der Waals surface area contributed by atoms with Crippen LogP contribution in [-0.2, 0) is 0 Å². The van der Waals surface area contributed by atoms with Gasteiger partial charge in [-0.2, -0.15) is 0 Å². The summed E-state index contributed by atoms with van der Waals surface area (Å²) in [5, 5.41) is 6.81. The summed E-state index contributed by atoms with van der Waals surface area (Å²) in [7, 11) is 0. The van der Waals surface area contributed by atoms with Gasteiger partial charge in [0.25, 0.3) is 0 Å². The van der Waals surface area contributed by atoms with Crippen molar-refractivity contribution in [3.8, 4) is 0 Å². The largest absolute Gasteiger partial charge is 0.381 e. The molecule has 2 rings (SSSR count). The Bertz CT molecular complexity index is 279. The lowest BCUT2D eigenvalue weighted by atomic mass is 10.2. The summed E-state index contributed by atoms with van der Waals surface area (Å²) in [4.78, 5) is 4.16. The summed E-state index contributed by atoms with van der Waals surface area (Å²) in [6.07, 6.45) is 3.06. The van der Waals surface area contributed by atoms with Crippen LogP contribution in [0.1, 0.15) is 12.1 Å². The summed E-state index contributed by atoms with van der Waals surface area (Å²) in [6, 6.07) is 4.69. The highest BCUT2D eigenvalue weighted by Crippen LogP contribution is 2.11. The van der Waals surface area contributed by atoms with Crippen molar-refractivity contribution in [3.63, 3.8) is 0 Å². The predicted octanol–water partition coefficient (Wildman–Crippen LogP) is 1.16. The highest BCUT2D eigenvalue weighted by Gasteiger charge is 2.13. The van der Waals surface area contributed by atoms with Gasteiger partial charge in [-0.3, -0.25) is 4.98 Å². The Balaban J connectivity index is 2.00. The minimum atomic E-state index is 0.585. The van der Waals surface area contributed by atoms with Crippen molar-refractivity contribution < 1.29 is 0 Å². The van der Waals surface area contributed by atoms with Gasteiger partial charge in [-0.25, -0.2) is 0 Å². The molecule has 1 aromatic heterocycles. The predicted molar refractivity (Wildman–Crippen MR) is 53.9 cm³/mol. The molecule has 0 aliphatic carbocycles. The normalized spacial score (nSPS) is 21.8. The standard InChI is InChI=1S/C10H15N3/c1-8-6-9(3-5-12-8)13-10-2-4-11-7-10/h3,5-6,10-11H,2,4,7H2,1H3,(H,12,13). The zero-order valence-corrected chi connectivity index (χ0v) is 7.88. The Morgan fingerprint density at radius 1 is 1.62 bits per heavy atom. The molecular formula is C10H15N3. The molecular weight excluding hydrogens is 162 g/mol. The topological polar surface area (TPSA) is 37.0 Å². The molecule has 0 bridgehead atoms. The number of rotatable bonds is 2. The number of nitrogens with one attached hydrogen (secondary N) is 2. The number of hydrogen-bond acceptors (Lipinski definition) is 3. The van der Waals surface area contributed by atoms with Gasteiger partial charge >= 0.3 is 0 Å². The molecule has 0 saturated carbocycles. The van der Waals surface area contributed by atoms with Crippen LogP contribution in [0.5, 0.6) is 0 Å². The van der Waals surface area contributed by atoms with Crippen LogP contribution in [-0.4, -0.2) is 24.1 Å². The second kappa shape index (κ2) is 3.75. The van der Waals surface area contributed by atoms with E-state index in [2.05, 4.69) is 21.7 Å². The molecule has 3 heteroatoms. The number of hydrogen-bond donors (Lipinski definition) is 2. The van der Waals surface area contributed by atoms with Gasteiger partial charge in [0, 0.05) is 30.2 Å². The molecule has 2 heterocycles. The Hall–Kier alpha value is -1.09. The van der Waals surface area contributed by atoms with E-state index in [1.165, 1.54) is 12.1 Å². The van der Waals surface area contributed by atoms with Crippen LogP contribution in [0.15, 0.2) is 18.3 Å². The smallest absolute Gasteiger partial charge is 0.0398 e. The molecule has 1 saturated heterocycles. The van der Waals surface area contributed by atoms with Crippen LogP contribution in [0.25, 0.3) is 0 Å². The van der Waals surface area contributed by atoms with Crippen LogP contribution >= 0.6 is 0 Å². The Kier molecular flexibility index (Phi) is 2.45. The molecule has 0 amide bonds. The Morgan fingerprint density at radius 3 is 3.23 bits per heavy atom. The average molecular weight is 177 g/mol. The lowest BCUT2D eigenvalue weighted by Gasteiger charge is -2.12. The summed E-state index contributed by atoms with van der Waals surface area (Å²) >= 11 is 0. The number of pyridine rings is 1. The molecule has 1 aliphatic heterocycles. The highest BCUT2D eigenvalue weighted by molar-refractivity contribution is 5.44. The van der Waals surface area contributed by atoms with Gasteiger partial charge in [0.2, 0.25) is 0 Å². The molecule has 13 heavy (non-hydrogen) atoms. The molecule has 0 spiro atoms. The van der Waals surface area contributed by atoms with Gasteiger partial charge in [0.05, 0.1) is 0 Å². The van der Waals surface area contributed by atoms with Gasteiger partial charge < -0.3 is 10.6 Å². The zero-order chi connectivity index (χ0) is 9.10. The fourth-order valence-corrected chi connectivity index (χ4v) is 1.65. The van der Waals surface area contributed by atoms with E-state index in [9.17, 15) is 0 Å². The summed E-state index contributed by atoms with van der Waals surface area (Å²) in [5.74, 6) is 0. The van der Waals surface area contributed by atoms with E-state index < -0.39 is 0 Å². The average Bonchev–Trinajstić information content (AvgIpc) is 2.57. The van der Waals surface area contributed by atoms with Crippen molar-refractivity contribution in [2.75, 3.05) is 18.4 Å². The van der Waals surface area contributed by atoms with Gasteiger partial charge in [-0.1, -0.05) is 0 Å². The Morgan fingerprint density at radius 2 is 2.54 bits per heavy atom. The maximum atomic E-state index is 4.16. The van der Waals surface area contributed by atoms with Gasteiger partial charge in [-0.05, 0) is 32.0 Å². The molecule has 3 nitrogen and oxygen atoms in total. The fraction of sp³-hybridized carbons (Fsp3) is 0.500. The third-order valence-electron chi connectivity index (χ3n) is 2.33. The van der Waals surface area contributed by atoms with Crippen molar-refractivity contribution in [1.82, 2.24) is 10.3 Å². The highest BCUT2D eigenvalue weighted by atomic mass is 15.0. The first-order valence-electron chi connectivity index (χ1n) is 4.74. The molecule has 0 radical (unpaired) electrons. The second-order valence-corrected chi connectivity index (χ2v) is 3.52. The molecule has 1 fully saturated rings. The monoisotopic (exact) mass is 177 g/mol. The van der Waals surface area contributed by atoms with Crippen molar-refractivity contribution in [2.45, 2.75) is 19.4 Å². The van der Waals surface area contributed by atoms with E-state index in [1.54, 1.807) is 0 Å². The molecule has 2 N–H and O–H groups in total. The van der Waals surface area contributed by atoms with Crippen molar-refractivity contribution in [3.05, 3.63) is 24.0 Å². The maximum absolute atomic E-state index is 4.16. The van der Waals surface area contributed by atoms with E-state index in [1.807, 2.05) is 19.2 Å². The van der Waals surface area contributed by atoms with Crippen LogP contribution in [0, 0.1) is 6.92 Å². The number of nitrogens with zero attached hydrogens (tertiary/aromatic N) is 1. The summed E-state index contributed by atoms with van der Waals surface area (Å²) in [6.45, 7) is 4.21. The van der Waals surface area contributed by atoms with Crippen LogP contribution in [0.2, 0.25) is 0 Å². The maximum Gasteiger partial charge on any atom is 0.0398 e. The van der Waals surface area contributed by atoms with E-state index in [-0.39, 0.29) is 0 Å². The second-order valence-electron chi connectivity index (χ2n) is 3.52. The molecule has 70 valence electrons. The molecule has 1 unspecified atom stereocenters. The first-order chi connectivity index (χ1) is 6.34. The SMILES string of the molecule is Cc1cc(NC2CCNC2)ccn1. The summed E-state index contributed by atoms with van der Waals surface area (Å²) < 4.78 is 0. The van der Waals surface area contributed by atoms with Gasteiger partial charge in [0.15, 0.2) is 0 Å². The minimum Gasteiger partial charge on any atom is -0.381 e. The van der Waals surface area contributed by atoms with Gasteiger partial charge in [-0.15, -0.1) is 0 Å². The van der Waals surface area contributed by atoms with Crippen LogP contribution < -0.4 is 10.6 Å². The molecule has 1 atom stereocenters. The Labute approximate surface area is 78.6 Å². The van der Waals surface area contributed by atoms with Crippen molar-refractivity contribution >= 4 is 5.69 Å². The zero-order valence-electron chi connectivity index (χ0n) is 7.88. The van der Waals surface area contributed by atoms with E-state index in [0.29, 0.717) is 6.04 Å². The van der Waals surface area contributed by atoms with Crippen LogP contribution in [0.4, 0.5) is 5.69 Å². The number of anilines is 1. The van der Waals surface area contributed by atoms with E-state index in [0.717, 1.165) is 18.8 Å². The third kappa shape index (κ3) is 2.18. The fourth-order valence-electron chi connectivity index (χ4n) is 1.65. The molecule has 1 aliphatic rings. The van der Waals surface area contributed by atoms with Crippen LogP contribution in [0.3, 0.4) is 0 Å². The van der Waals surface area contributed by atoms with Gasteiger partial charge in [0.1, 0.15) is 0 Å². The molecule has 0 aromatic carbocycles. The minimum absolute atomic E-state index is 0.585. The van der Waals surface area contributed by atoms with Crippen molar-refractivity contribution in [1.29, 1.82) is 0 Å². The lowest BCUT2D eigenvalue weighted by molar-refractivity contribution is 0.793. The quantitative estimate of drug-likeness (QED) is 0.712. The lowest BCUT2D eigenvalue weighted by Crippen LogP contribution is -2.22. The molecule has 1 aromatic rings. The van der Waals surface area contributed by atoms with E-state index in [4.69, 9.17) is 0 Å². The number of aryl methyl sites for hydroxylation is 1. The summed E-state index contributed by atoms with van der Waals surface area (Å²) in [5.41, 5.74) is 2.25.